The summed E-state index contributed by atoms with van der Waals surface area (Å²) in [5.74, 6) is 0. The van der Waals surface area contributed by atoms with Gasteiger partial charge in [-0.1, -0.05) is 413 Å². The van der Waals surface area contributed by atoms with E-state index in [1.54, 1.807) is 0 Å². The molecule has 0 unspecified atom stereocenters. The third-order valence-electron chi connectivity index (χ3n) is 28.3. The van der Waals surface area contributed by atoms with Gasteiger partial charge in [-0.25, -0.2) is 0 Å². The number of hydrogen-bond donors (Lipinski definition) is 0. The molecule has 0 aliphatic rings. The Kier molecular flexibility index (Phi) is 21.8. The van der Waals surface area contributed by atoms with Crippen LogP contribution in [0.1, 0.15) is 0 Å². The van der Waals surface area contributed by atoms with Crippen LogP contribution in [0.3, 0.4) is 0 Å². The van der Waals surface area contributed by atoms with E-state index in [9.17, 15) is 0 Å². The molecule has 0 aliphatic heterocycles. The number of anilines is 6. The third-order valence-corrected chi connectivity index (χ3v) is 39.1. The van der Waals surface area contributed by atoms with Gasteiger partial charge >= 0.3 is 0 Å². The SMILES string of the molecule is c1ccc(-n2c3ccccc3c3c(-c4ccc(N(c5ccc(-c6ccc7c(c6)oc6ccccc67)cc5)c5ccc([Si](c6ccccc6)(c6ccccc6)c6ccccc6)cc5)cc4)cccc32)cc1.c1ccc(-n2c3ccccc3c3c(-c4ccc(N(c5ccc(-c6cccc7c6sc6ccccc67)cc5)c5ccc([Si](c6ccccc6)(c6ccccc6)c6ccccc6)cc5)cc4)cccc32)cc1. The molecule has 0 N–H and O–H groups in total. The van der Waals surface area contributed by atoms with Gasteiger partial charge in [0.05, 0.1) is 22.1 Å². The summed E-state index contributed by atoms with van der Waals surface area (Å²) in [7, 11) is -5.45. The summed E-state index contributed by atoms with van der Waals surface area (Å²) < 4.78 is 13.7. The summed E-state index contributed by atoms with van der Waals surface area (Å²) in [5, 5.41) is 20.7. The largest absolute Gasteiger partial charge is 0.456 e. The third kappa shape index (κ3) is 14.8. The second-order valence-electron chi connectivity index (χ2n) is 36.0. The summed E-state index contributed by atoms with van der Waals surface area (Å²) in [6.45, 7) is 0. The Hall–Kier alpha value is -17.5. The van der Waals surface area contributed by atoms with Crippen LogP contribution in [0.5, 0.6) is 0 Å². The van der Waals surface area contributed by atoms with Crippen molar-refractivity contribution in [2.24, 2.45) is 0 Å². The number of rotatable bonds is 20. The maximum Gasteiger partial charge on any atom is 0.179 e. The van der Waals surface area contributed by atoms with Crippen LogP contribution in [0.4, 0.5) is 34.1 Å². The molecular weight excluding hydrogens is 1750 g/mol. The van der Waals surface area contributed by atoms with Crippen LogP contribution >= 0.6 is 11.3 Å². The maximum atomic E-state index is 6.31. The highest BCUT2D eigenvalue weighted by atomic mass is 32.1. The topological polar surface area (TPSA) is 29.5 Å². The summed E-state index contributed by atoms with van der Waals surface area (Å²) in [6, 6.07) is 205. The van der Waals surface area contributed by atoms with Gasteiger partial charge in [0.1, 0.15) is 11.2 Å². The number of aromatic nitrogens is 2. The van der Waals surface area contributed by atoms with Crippen molar-refractivity contribution >= 4 is 189 Å². The Labute approximate surface area is 819 Å². The number of para-hydroxylation sites is 5. The molecule has 0 spiro atoms. The van der Waals surface area contributed by atoms with Crippen molar-refractivity contribution in [1.82, 2.24) is 9.13 Å². The van der Waals surface area contributed by atoms with Crippen molar-refractivity contribution in [1.29, 1.82) is 0 Å². The lowest BCUT2D eigenvalue weighted by atomic mass is 9.99. The van der Waals surface area contributed by atoms with Crippen molar-refractivity contribution in [3.05, 3.63) is 558 Å². The number of furan rings is 1. The lowest BCUT2D eigenvalue weighted by Crippen LogP contribution is -2.74. The molecule has 0 saturated carbocycles. The highest BCUT2D eigenvalue weighted by molar-refractivity contribution is 7.26. The maximum absolute atomic E-state index is 6.31. The van der Waals surface area contributed by atoms with Gasteiger partial charge < -0.3 is 23.4 Å². The molecule has 4 heterocycles. The number of thiophene rings is 1. The van der Waals surface area contributed by atoms with Crippen LogP contribution in [0.25, 0.3) is 142 Å². The van der Waals surface area contributed by atoms with Crippen molar-refractivity contribution in [3.63, 3.8) is 0 Å². The second-order valence-corrected chi connectivity index (χ2v) is 44.7. The summed E-state index contributed by atoms with van der Waals surface area (Å²) >= 11 is 1.88. The van der Waals surface area contributed by atoms with Gasteiger partial charge in [0.25, 0.3) is 0 Å². The molecule has 0 amide bonds. The van der Waals surface area contributed by atoms with Crippen molar-refractivity contribution in [3.8, 4) is 55.9 Å². The summed E-state index contributed by atoms with van der Waals surface area (Å²) in [6.07, 6.45) is 0. The molecule has 8 heteroatoms. The molecule has 0 bridgehead atoms. The predicted molar refractivity (Wildman–Crippen MR) is 600 cm³/mol. The average Bonchev–Trinajstić information content (AvgIpc) is 1.17. The van der Waals surface area contributed by atoms with Gasteiger partial charge in [0.2, 0.25) is 0 Å². The monoisotopic (exact) mass is 1840 g/mol. The molecule has 0 aliphatic carbocycles. The van der Waals surface area contributed by atoms with E-state index in [-0.39, 0.29) is 0 Å². The summed E-state index contributed by atoms with van der Waals surface area (Å²) in [5.41, 5.74) is 24.9. The van der Waals surface area contributed by atoms with Gasteiger partial charge in [0.15, 0.2) is 16.1 Å². The second kappa shape index (κ2) is 36.3. The Bertz CT molecular complexity index is 8780. The highest BCUT2D eigenvalue weighted by Gasteiger charge is 2.43. The highest BCUT2D eigenvalue weighted by Crippen LogP contribution is 2.47. The smallest absolute Gasteiger partial charge is 0.179 e. The van der Waals surface area contributed by atoms with Crippen molar-refractivity contribution in [2.45, 2.75) is 0 Å². The zero-order valence-electron chi connectivity index (χ0n) is 76.7. The fraction of sp³-hybridized carbons (Fsp3) is 0. The zero-order chi connectivity index (χ0) is 92.9. The first-order chi connectivity index (χ1) is 69.5. The normalized spacial score (nSPS) is 11.7. The predicted octanol–water partition coefficient (Wildman–Crippen LogP) is 30.2. The quantitative estimate of drug-likeness (QED) is 0.0563. The molecule has 26 rings (SSSR count). The van der Waals surface area contributed by atoms with E-state index in [0.717, 1.165) is 78.6 Å². The molecule has 22 aromatic carbocycles. The molecule has 0 saturated heterocycles. The lowest BCUT2D eigenvalue weighted by Gasteiger charge is -2.35. The van der Waals surface area contributed by atoms with Crippen LogP contribution in [-0.2, 0) is 0 Å². The zero-order valence-corrected chi connectivity index (χ0v) is 79.5. The van der Waals surface area contributed by atoms with E-state index >= 15 is 0 Å². The van der Waals surface area contributed by atoms with Gasteiger partial charge in [-0.3, -0.25) is 0 Å². The molecule has 0 fully saturated rings. The number of fused-ring (bicyclic) bond motifs is 12. The molecule has 4 aromatic heterocycles. The van der Waals surface area contributed by atoms with Crippen LogP contribution in [-0.4, -0.2) is 25.3 Å². The fourth-order valence-electron chi connectivity index (χ4n) is 22.0. The lowest BCUT2D eigenvalue weighted by molar-refractivity contribution is 0.669. The first kappa shape index (κ1) is 84.3. The van der Waals surface area contributed by atoms with E-state index in [0.29, 0.717) is 0 Å². The first-order valence-corrected chi connectivity index (χ1v) is 52.8. The number of nitrogens with zero attached hydrogens (tertiary/aromatic N) is 4. The molecule has 0 atom stereocenters. The first-order valence-electron chi connectivity index (χ1n) is 48.0. The molecule has 5 nitrogen and oxygen atoms in total. The van der Waals surface area contributed by atoms with E-state index in [2.05, 4.69) is 565 Å². The minimum atomic E-state index is -2.73. The van der Waals surface area contributed by atoms with Gasteiger partial charge in [-0.05, 0) is 232 Å². The standard InChI is InChI=1S/C66H46N2OSi.C66H46N2SSi/c1-5-18-50(19-6-1)68-62-29-15-13-27-61(62)66-58(28-17-30-63(66)68)48-34-39-52(40-35-48)67(51-37-32-47(33-38-51)49-36-45-60-59-26-14-16-31-64(59)69-65(60)46-49)53-41-43-57(44-42-53)70(54-20-7-2-8-21-54,55-22-9-3-10-23-55)56-24-11-4-12-25-56;1-5-19-49(20-6-1)68-62-32-15-13-28-61(62)65-57(29-18-33-63(65)68)47-35-39-50(40-36-47)67(51-41-37-48(38-42-51)58-30-17-31-60-59-27-14-16-34-64(59)69-66(58)60)52-43-45-56(46-44-52)70(53-21-7-2-8-22-53,54-23-9-3-10-24-54)55-25-11-4-12-26-55/h2*1-46H. The van der Waals surface area contributed by atoms with Crippen molar-refractivity contribution in [2.75, 3.05) is 9.80 Å². The Balaban J connectivity index is 0.000000148. The van der Waals surface area contributed by atoms with E-state index in [1.807, 2.05) is 23.5 Å². The molecular formula is C132H92N4OSSi2. The fourth-order valence-corrected chi connectivity index (χ4v) is 32.8. The van der Waals surface area contributed by atoms with Crippen LogP contribution in [0.15, 0.2) is 563 Å². The Morgan fingerprint density at radius 2 is 0.464 bits per heavy atom. The van der Waals surface area contributed by atoms with Gasteiger partial charge in [0, 0.05) is 98.0 Å². The number of hydrogen-bond acceptors (Lipinski definition) is 4. The number of benzene rings is 22. The molecule has 26 aromatic rings. The van der Waals surface area contributed by atoms with Crippen LogP contribution in [0.2, 0.25) is 0 Å². The van der Waals surface area contributed by atoms with Crippen LogP contribution < -0.4 is 51.3 Å². The van der Waals surface area contributed by atoms with E-state index in [1.165, 1.54) is 139 Å². The molecule has 0 radical (unpaired) electrons. The average molecular weight is 1840 g/mol. The molecule has 660 valence electrons. The van der Waals surface area contributed by atoms with Crippen molar-refractivity contribution < 1.29 is 4.42 Å². The minimum absolute atomic E-state index is 0.894. The Morgan fingerprint density at radius 1 is 0.186 bits per heavy atom. The van der Waals surface area contributed by atoms with Gasteiger partial charge in [-0.2, -0.15) is 0 Å². The van der Waals surface area contributed by atoms with E-state index in [4.69, 9.17) is 4.42 Å². The Morgan fingerprint density at radius 3 is 0.864 bits per heavy atom. The van der Waals surface area contributed by atoms with E-state index < -0.39 is 16.1 Å². The van der Waals surface area contributed by atoms with Gasteiger partial charge in [-0.15, -0.1) is 11.3 Å². The minimum Gasteiger partial charge on any atom is -0.456 e. The molecule has 140 heavy (non-hydrogen) atoms. The summed E-state index contributed by atoms with van der Waals surface area (Å²) in [4.78, 5) is 4.80. The van der Waals surface area contributed by atoms with Crippen LogP contribution in [0, 0.1) is 0 Å².